The zero-order valence-corrected chi connectivity index (χ0v) is 26.8. The Bertz CT molecular complexity index is 2280. The van der Waals surface area contributed by atoms with E-state index in [1.165, 1.54) is 22.3 Å². The number of para-hydroxylation sites is 3. The fourth-order valence-electron chi connectivity index (χ4n) is 7.41. The Hall–Kier alpha value is -6.52. The quantitative estimate of drug-likeness (QED) is 0.184. The molecule has 4 heteroatoms. The molecule has 0 amide bonds. The summed E-state index contributed by atoms with van der Waals surface area (Å²) < 4.78 is 1.94. The standard InChI is InChI=1S/C45H32N4/c1-5-17-33(18-6-1)43-46-44(49(47-43)38-23-11-4-12-24-38)34-29-31-37(32-30-34)48-41-27-15-13-25-39(41)45(35-19-7-2-8-20-35,36-21-9-3-10-22-36)40-26-14-16-28-42(40)48/h1-32H. The van der Waals surface area contributed by atoms with E-state index in [-0.39, 0.29) is 0 Å². The minimum atomic E-state index is -0.494. The van der Waals surface area contributed by atoms with Gasteiger partial charge in [-0.3, -0.25) is 0 Å². The summed E-state index contributed by atoms with van der Waals surface area (Å²) in [7, 11) is 0. The van der Waals surface area contributed by atoms with Crippen LogP contribution in [0.3, 0.4) is 0 Å². The summed E-state index contributed by atoms with van der Waals surface area (Å²) in [5, 5.41) is 4.97. The van der Waals surface area contributed by atoms with Crippen molar-refractivity contribution < 1.29 is 0 Å². The number of nitrogens with zero attached hydrogens (tertiary/aromatic N) is 4. The molecule has 0 bridgehead atoms. The molecule has 0 N–H and O–H groups in total. The maximum absolute atomic E-state index is 5.07. The smallest absolute Gasteiger partial charge is 0.182 e. The largest absolute Gasteiger partial charge is 0.310 e. The Morgan fingerprint density at radius 3 is 1.41 bits per heavy atom. The topological polar surface area (TPSA) is 34.0 Å². The molecule has 1 aliphatic rings. The molecule has 7 aromatic carbocycles. The molecular formula is C45H32N4. The van der Waals surface area contributed by atoms with Crippen LogP contribution in [0.2, 0.25) is 0 Å². The van der Waals surface area contributed by atoms with Gasteiger partial charge in [0.15, 0.2) is 11.6 Å². The van der Waals surface area contributed by atoms with E-state index in [0.29, 0.717) is 5.82 Å². The van der Waals surface area contributed by atoms with Gasteiger partial charge in [0.05, 0.1) is 22.5 Å². The van der Waals surface area contributed by atoms with E-state index >= 15 is 0 Å². The first-order valence-electron chi connectivity index (χ1n) is 16.6. The van der Waals surface area contributed by atoms with Crippen LogP contribution in [0.1, 0.15) is 22.3 Å². The Morgan fingerprint density at radius 2 is 0.857 bits per heavy atom. The highest BCUT2D eigenvalue weighted by atomic mass is 15.4. The molecule has 0 saturated carbocycles. The van der Waals surface area contributed by atoms with Gasteiger partial charge in [-0.15, -0.1) is 5.10 Å². The highest BCUT2D eigenvalue weighted by molar-refractivity contribution is 5.89. The van der Waals surface area contributed by atoms with Crippen LogP contribution in [0.15, 0.2) is 194 Å². The van der Waals surface area contributed by atoms with Gasteiger partial charge in [0.25, 0.3) is 0 Å². The third kappa shape index (κ3) is 4.68. The van der Waals surface area contributed by atoms with Crippen molar-refractivity contribution >= 4 is 17.1 Å². The van der Waals surface area contributed by atoms with Gasteiger partial charge in [-0.25, -0.2) is 9.67 Å². The van der Waals surface area contributed by atoms with E-state index in [0.717, 1.165) is 39.7 Å². The summed E-state index contributed by atoms with van der Waals surface area (Å²) in [5.41, 5.74) is 10.8. The molecule has 8 aromatic rings. The van der Waals surface area contributed by atoms with Crippen molar-refractivity contribution in [1.82, 2.24) is 14.8 Å². The van der Waals surface area contributed by atoms with Crippen molar-refractivity contribution in [3.63, 3.8) is 0 Å². The zero-order valence-electron chi connectivity index (χ0n) is 26.8. The van der Waals surface area contributed by atoms with Crippen molar-refractivity contribution in [2.45, 2.75) is 5.41 Å². The minimum Gasteiger partial charge on any atom is -0.310 e. The van der Waals surface area contributed by atoms with Gasteiger partial charge < -0.3 is 4.90 Å². The zero-order chi connectivity index (χ0) is 32.6. The number of aromatic nitrogens is 3. The molecule has 0 saturated heterocycles. The van der Waals surface area contributed by atoms with Gasteiger partial charge in [0.1, 0.15) is 0 Å². The molecule has 49 heavy (non-hydrogen) atoms. The predicted octanol–water partition coefficient (Wildman–Crippen LogP) is 10.8. The van der Waals surface area contributed by atoms with Crippen molar-refractivity contribution in [3.8, 4) is 28.5 Å². The van der Waals surface area contributed by atoms with E-state index in [4.69, 9.17) is 10.1 Å². The number of hydrogen-bond donors (Lipinski definition) is 0. The number of fused-ring (bicyclic) bond motifs is 2. The van der Waals surface area contributed by atoms with Crippen molar-refractivity contribution in [2.24, 2.45) is 0 Å². The fraction of sp³-hybridized carbons (Fsp3) is 0.0222. The summed E-state index contributed by atoms with van der Waals surface area (Å²) in [6.45, 7) is 0. The monoisotopic (exact) mass is 628 g/mol. The molecular weight excluding hydrogens is 597 g/mol. The van der Waals surface area contributed by atoms with Gasteiger partial charge in [-0.1, -0.05) is 146 Å². The van der Waals surface area contributed by atoms with Crippen LogP contribution < -0.4 is 4.90 Å². The first-order valence-corrected chi connectivity index (χ1v) is 16.6. The third-order valence-electron chi connectivity index (χ3n) is 9.54. The summed E-state index contributed by atoms with van der Waals surface area (Å²) in [5.74, 6) is 1.49. The molecule has 1 aliphatic heterocycles. The lowest BCUT2D eigenvalue weighted by atomic mass is 9.62. The number of hydrogen-bond acceptors (Lipinski definition) is 3. The van der Waals surface area contributed by atoms with Gasteiger partial charge >= 0.3 is 0 Å². The van der Waals surface area contributed by atoms with Crippen LogP contribution in [0.5, 0.6) is 0 Å². The molecule has 0 fully saturated rings. The summed E-state index contributed by atoms with van der Waals surface area (Å²) in [6.07, 6.45) is 0. The molecule has 4 nitrogen and oxygen atoms in total. The molecule has 1 aromatic heterocycles. The van der Waals surface area contributed by atoms with E-state index in [1.807, 2.05) is 53.2 Å². The second-order valence-electron chi connectivity index (χ2n) is 12.3. The molecule has 0 unspecified atom stereocenters. The number of anilines is 3. The van der Waals surface area contributed by atoms with Crippen molar-refractivity contribution in [2.75, 3.05) is 4.90 Å². The van der Waals surface area contributed by atoms with Crippen LogP contribution >= 0.6 is 0 Å². The van der Waals surface area contributed by atoms with E-state index in [2.05, 4.69) is 150 Å². The lowest BCUT2D eigenvalue weighted by Crippen LogP contribution is -2.37. The van der Waals surface area contributed by atoms with Crippen LogP contribution in [0.4, 0.5) is 17.1 Å². The van der Waals surface area contributed by atoms with Crippen molar-refractivity contribution in [1.29, 1.82) is 0 Å². The van der Waals surface area contributed by atoms with E-state index in [1.54, 1.807) is 0 Å². The van der Waals surface area contributed by atoms with Crippen molar-refractivity contribution in [3.05, 3.63) is 216 Å². The van der Waals surface area contributed by atoms with Gasteiger partial charge in [0, 0.05) is 16.8 Å². The average molecular weight is 629 g/mol. The third-order valence-corrected chi connectivity index (χ3v) is 9.54. The maximum Gasteiger partial charge on any atom is 0.182 e. The second-order valence-corrected chi connectivity index (χ2v) is 12.3. The summed E-state index contributed by atoms with van der Waals surface area (Å²) >= 11 is 0. The highest BCUT2D eigenvalue weighted by Gasteiger charge is 2.46. The molecule has 0 aliphatic carbocycles. The van der Waals surface area contributed by atoms with Crippen LogP contribution in [-0.4, -0.2) is 14.8 Å². The Balaban J connectivity index is 1.21. The number of benzene rings is 7. The van der Waals surface area contributed by atoms with Crippen LogP contribution in [0.25, 0.3) is 28.5 Å². The molecule has 0 atom stereocenters. The Kier molecular flexibility index (Phi) is 6.98. The van der Waals surface area contributed by atoms with Gasteiger partial charge in [-0.05, 0) is 70.8 Å². The van der Waals surface area contributed by atoms with Gasteiger partial charge in [-0.2, -0.15) is 0 Å². The van der Waals surface area contributed by atoms with E-state index in [9.17, 15) is 0 Å². The van der Waals surface area contributed by atoms with E-state index < -0.39 is 5.41 Å². The minimum absolute atomic E-state index is 0.494. The molecule has 2 heterocycles. The lowest BCUT2D eigenvalue weighted by molar-refractivity contribution is 0.731. The van der Waals surface area contributed by atoms with Crippen LogP contribution in [0, 0.1) is 0 Å². The Morgan fingerprint density at radius 1 is 0.388 bits per heavy atom. The average Bonchev–Trinajstić information content (AvgIpc) is 3.64. The molecule has 0 radical (unpaired) electrons. The second kappa shape index (κ2) is 11.9. The SMILES string of the molecule is c1ccc(-c2nc(-c3ccc(N4c5ccccc5C(c5ccccc5)(c5ccccc5)c5ccccc54)cc3)n(-c3ccccc3)n2)cc1. The fourth-order valence-corrected chi connectivity index (χ4v) is 7.41. The normalized spacial score (nSPS) is 13.0. The Labute approximate surface area is 286 Å². The predicted molar refractivity (Wildman–Crippen MR) is 199 cm³/mol. The van der Waals surface area contributed by atoms with Gasteiger partial charge in [0.2, 0.25) is 0 Å². The summed E-state index contributed by atoms with van der Waals surface area (Å²) in [6, 6.07) is 68.6. The maximum atomic E-state index is 5.07. The highest BCUT2D eigenvalue weighted by Crippen LogP contribution is 2.57. The summed E-state index contributed by atoms with van der Waals surface area (Å²) in [4.78, 5) is 7.46. The van der Waals surface area contributed by atoms with Crippen LogP contribution in [-0.2, 0) is 5.41 Å². The molecule has 9 rings (SSSR count). The lowest BCUT2D eigenvalue weighted by Gasteiger charge is -2.46. The first kappa shape index (κ1) is 28.7. The molecule has 232 valence electrons. The molecule has 0 spiro atoms. The first-order chi connectivity index (χ1) is 24.3. The number of rotatable bonds is 6.